The summed E-state index contributed by atoms with van der Waals surface area (Å²) in [5.74, 6) is 0.735. The van der Waals surface area contributed by atoms with E-state index >= 15 is 0 Å². The number of aryl methyl sites for hydroxylation is 1. The maximum absolute atomic E-state index is 4.46. The highest BCUT2D eigenvalue weighted by molar-refractivity contribution is 5.86. The molecule has 1 aromatic carbocycles. The van der Waals surface area contributed by atoms with Crippen molar-refractivity contribution < 1.29 is 0 Å². The second-order valence-electron chi connectivity index (χ2n) is 3.59. The number of fused-ring (bicyclic) bond motifs is 1. The molecule has 2 aromatic heterocycles. The van der Waals surface area contributed by atoms with E-state index in [1.165, 1.54) is 0 Å². The van der Waals surface area contributed by atoms with E-state index in [1.807, 2.05) is 37.3 Å². The molecule has 0 aliphatic carbocycles. The molecule has 2 heterocycles. The molecule has 78 valence electrons. The van der Waals surface area contributed by atoms with E-state index in [2.05, 4.69) is 19.9 Å². The number of aromatic nitrogens is 4. The molecule has 0 spiro atoms. The van der Waals surface area contributed by atoms with Crippen molar-refractivity contribution in [3.05, 3.63) is 42.5 Å². The lowest BCUT2D eigenvalue weighted by Crippen LogP contribution is -1.93. The van der Waals surface area contributed by atoms with E-state index in [0.717, 1.165) is 22.6 Å². The number of imidazole rings is 1. The molecule has 1 N–H and O–H groups in total. The zero-order chi connectivity index (χ0) is 11.0. The molecule has 0 amide bonds. The van der Waals surface area contributed by atoms with Crippen LogP contribution in [0.2, 0.25) is 0 Å². The van der Waals surface area contributed by atoms with Gasteiger partial charge in [0.15, 0.2) is 5.65 Å². The Balaban J connectivity index is 2.34. The van der Waals surface area contributed by atoms with Gasteiger partial charge in [-0.1, -0.05) is 30.3 Å². The summed E-state index contributed by atoms with van der Waals surface area (Å²) in [5.41, 5.74) is 3.58. The minimum atomic E-state index is 0.714. The Labute approximate surface area is 92.4 Å². The van der Waals surface area contributed by atoms with Crippen molar-refractivity contribution in [1.29, 1.82) is 0 Å². The van der Waals surface area contributed by atoms with Crippen molar-refractivity contribution in [2.45, 2.75) is 6.92 Å². The second-order valence-corrected chi connectivity index (χ2v) is 3.59. The van der Waals surface area contributed by atoms with Crippen LogP contribution >= 0.6 is 0 Å². The highest BCUT2D eigenvalue weighted by Gasteiger charge is 2.09. The summed E-state index contributed by atoms with van der Waals surface area (Å²) >= 11 is 0. The van der Waals surface area contributed by atoms with Gasteiger partial charge in [-0.2, -0.15) is 0 Å². The first-order valence-electron chi connectivity index (χ1n) is 5.08. The van der Waals surface area contributed by atoms with Gasteiger partial charge in [-0.05, 0) is 6.92 Å². The molecular weight excluding hydrogens is 200 g/mol. The maximum Gasteiger partial charge on any atom is 0.181 e. The molecule has 4 nitrogen and oxygen atoms in total. The van der Waals surface area contributed by atoms with Crippen LogP contribution in [0.1, 0.15) is 5.82 Å². The molecule has 0 bridgehead atoms. The molecule has 16 heavy (non-hydrogen) atoms. The molecule has 4 heteroatoms. The number of nitrogens with one attached hydrogen (secondary N) is 1. The molecule has 3 aromatic rings. The third kappa shape index (κ3) is 1.35. The fourth-order valence-electron chi connectivity index (χ4n) is 1.75. The van der Waals surface area contributed by atoms with Crippen molar-refractivity contribution in [2.75, 3.05) is 0 Å². The molecule has 0 saturated heterocycles. The molecule has 0 unspecified atom stereocenters. The summed E-state index contributed by atoms with van der Waals surface area (Å²) in [7, 11) is 0. The first-order chi connectivity index (χ1) is 7.84. The van der Waals surface area contributed by atoms with Crippen LogP contribution < -0.4 is 0 Å². The van der Waals surface area contributed by atoms with Crippen molar-refractivity contribution >= 4 is 11.2 Å². The van der Waals surface area contributed by atoms with Gasteiger partial charge in [0.25, 0.3) is 0 Å². The quantitative estimate of drug-likeness (QED) is 0.670. The van der Waals surface area contributed by atoms with Crippen molar-refractivity contribution in [3.63, 3.8) is 0 Å². The van der Waals surface area contributed by atoms with Crippen LogP contribution in [-0.4, -0.2) is 19.9 Å². The largest absolute Gasteiger partial charge is 0.341 e. The summed E-state index contributed by atoms with van der Waals surface area (Å²) in [6, 6.07) is 10.0. The fraction of sp³-hybridized carbons (Fsp3) is 0.0833. The van der Waals surface area contributed by atoms with Crippen LogP contribution in [0, 0.1) is 6.92 Å². The van der Waals surface area contributed by atoms with Gasteiger partial charge >= 0.3 is 0 Å². The average Bonchev–Trinajstić information content (AvgIpc) is 2.77. The van der Waals surface area contributed by atoms with Crippen molar-refractivity contribution in [2.24, 2.45) is 0 Å². The van der Waals surface area contributed by atoms with Gasteiger partial charge in [0.1, 0.15) is 11.3 Å². The van der Waals surface area contributed by atoms with E-state index in [-0.39, 0.29) is 0 Å². The van der Waals surface area contributed by atoms with Gasteiger partial charge in [-0.3, -0.25) is 0 Å². The average molecular weight is 210 g/mol. The number of rotatable bonds is 1. The highest BCUT2D eigenvalue weighted by Crippen LogP contribution is 2.23. The third-order valence-corrected chi connectivity index (χ3v) is 2.44. The minimum Gasteiger partial charge on any atom is -0.341 e. The van der Waals surface area contributed by atoms with E-state index in [9.17, 15) is 0 Å². The predicted octanol–water partition coefficient (Wildman–Crippen LogP) is 2.33. The molecule has 0 fully saturated rings. The highest BCUT2D eigenvalue weighted by atomic mass is 15.0. The van der Waals surface area contributed by atoms with E-state index in [4.69, 9.17) is 0 Å². The monoisotopic (exact) mass is 210 g/mol. The first kappa shape index (κ1) is 9.03. The van der Waals surface area contributed by atoms with Gasteiger partial charge in [0.05, 0.1) is 12.0 Å². The Hall–Kier alpha value is -2.23. The molecular formula is C12H10N4. The third-order valence-electron chi connectivity index (χ3n) is 2.44. The summed E-state index contributed by atoms with van der Waals surface area (Å²) in [5, 5.41) is 0. The van der Waals surface area contributed by atoms with Gasteiger partial charge < -0.3 is 4.98 Å². The number of hydrogen-bond acceptors (Lipinski definition) is 3. The predicted molar refractivity (Wildman–Crippen MR) is 61.9 cm³/mol. The smallest absolute Gasteiger partial charge is 0.181 e. The van der Waals surface area contributed by atoms with Crippen molar-refractivity contribution in [1.82, 2.24) is 19.9 Å². The Bertz CT molecular complexity index is 628. The Morgan fingerprint density at radius 1 is 1.06 bits per heavy atom. The lowest BCUT2D eigenvalue weighted by Gasteiger charge is -2.02. The van der Waals surface area contributed by atoms with Crippen LogP contribution in [-0.2, 0) is 0 Å². The standard InChI is InChI=1S/C12H10N4/c1-8-15-10(9-5-3-2-4-6-9)11-12(16-8)14-7-13-11/h2-7H,1H3,(H,13,14,15,16). The van der Waals surface area contributed by atoms with Gasteiger partial charge in [0, 0.05) is 5.56 Å². The van der Waals surface area contributed by atoms with Gasteiger partial charge in [-0.25, -0.2) is 15.0 Å². The SMILES string of the molecule is Cc1nc(-c2ccccc2)c2[nH]cnc2n1. The fourth-order valence-corrected chi connectivity index (χ4v) is 1.75. The molecule has 0 aliphatic heterocycles. The van der Waals surface area contributed by atoms with Crippen LogP contribution in [0.4, 0.5) is 0 Å². The molecule has 0 radical (unpaired) electrons. The minimum absolute atomic E-state index is 0.714. The molecule has 0 atom stereocenters. The maximum atomic E-state index is 4.46. The summed E-state index contributed by atoms with van der Waals surface area (Å²) in [6.07, 6.45) is 1.64. The number of benzene rings is 1. The van der Waals surface area contributed by atoms with E-state index in [0.29, 0.717) is 5.65 Å². The van der Waals surface area contributed by atoms with Crippen LogP contribution in [0.25, 0.3) is 22.4 Å². The number of aromatic amines is 1. The first-order valence-corrected chi connectivity index (χ1v) is 5.08. The second kappa shape index (κ2) is 3.41. The molecule has 0 aliphatic rings. The number of hydrogen-bond donors (Lipinski definition) is 1. The van der Waals surface area contributed by atoms with Gasteiger partial charge in [-0.15, -0.1) is 0 Å². The van der Waals surface area contributed by atoms with Gasteiger partial charge in [0.2, 0.25) is 0 Å². The molecule has 3 rings (SSSR count). The van der Waals surface area contributed by atoms with Crippen LogP contribution in [0.3, 0.4) is 0 Å². The van der Waals surface area contributed by atoms with Crippen LogP contribution in [0.15, 0.2) is 36.7 Å². The lowest BCUT2D eigenvalue weighted by molar-refractivity contribution is 1.08. The lowest BCUT2D eigenvalue weighted by atomic mass is 10.1. The zero-order valence-electron chi connectivity index (χ0n) is 8.81. The summed E-state index contributed by atoms with van der Waals surface area (Å²) < 4.78 is 0. The summed E-state index contributed by atoms with van der Waals surface area (Å²) in [6.45, 7) is 1.88. The Kier molecular flexibility index (Phi) is 1.93. The summed E-state index contributed by atoms with van der Waals surface area (Å²) in [4.78, 5) is 16.0. The van der Waals surface area contributed by atoms with Crippen LogP contribution in [0.5, 0.6) is 0 Å². The molecule has 0 saturated carbocycles. The van der Waals surface area contributed by atoms with Crippen molar-refractivity contribution in [3.8, 4) is 11.3 Å². The zero-order valence-corrected chi connectivity index (χ0v) is 8.81. The van der Waals surface area contributed by atoms with E-state index < -0.39 is 0 Å². The normalized spacial score (nSPS) is 10.8. The van der Waals surface area contributed by atoms with E-state index in [1.54, 1.807) is 6.33 Å². The number of nitrogens with zero attached hydrogens (tertiary/aromatic N) is 3. The topological polar surface area (TPSA) is 54.5 Å². The Morgan fingerprint density at radius 2 is 1.88 bits per heavy atom. The Morgan fingerprint density at radius 3 is 2.69 bits per heavy atom. The number of H-pyrrole nitrogens is 1.